The summed E-state index contributed by atoms with van der Waals surface area (Å²) in [5.41, 5.74) is 0. The molecular formula is C31H61IO6Si3. The van der Waals surface area contributed by atoms with E-state index in [0.29, 0.717) is 6.42 Å². The van der Waals surface area contributed by atoms with Gasteiger partial charge in [0.1, 0.15) is 30.7 Å². The summed E-state index contributed by atoms with van der Waals surface area (Å²) in [6.45, 7) is 34.3. The van der Waals surface area contributed by atoms with Gasteiger partial charge in [-0.3, -0.25) is 0 Å². The highest BCUT2D eigenvalue weighted by molar-refractivity contribution is 14.1. The molecule has 2 heterocycles. The lowest BCUT2D eigenvalue weighted by Crippen LogP contribution is -2.69. The third kappa shape index (κ3) is 9.08. The van der Waals surface area contributed by atoms with Gasteiger partial charge in [0, 0.05) is 6.42 Å². The molecule has 0 spiro atoms. The van der Waals surface area contributed by atoms with E-state index in [1.165, 1.54) is 0 Å². The van der Waals surface area contributed by atoms with Crippen LogP contribution in [0.4, 0.5) is 0 Å². The Balaban J connectivity index is 2.73. The van der Waals surface area contributed by atoms with Gasteiger partial charge in [0.05, 0.1) is 18.3 Å². The van der Waals surface area contributed by atoms with Crippen molar-refractivity contribution in [1.29, 1.82) is 0 Å². The molecule has 2 fully saturated rings. The molecular weight excluding hydrogens is 679 g/mol. The first-order chi connectivity index (χ1) is 18.4. The van der Waals surface area contributed by atoms with Gasteiger partial charge in [-0.1, -0.05) is 84.9 Å². The minimum absolute atomic E-state index is 0.00170. The molecule has 0 aromatic carbocycles. The molecule has 7 atom stereocenters. The Kier molecular flexibility index (Phi) is 12.5. The van der Waals surface area contributed by atoms with Crippen LogP contribution in [0.5, 0.6) is 0 Å². The van der Waals surface area contributed by atoms with Gasteiger partial charge in [0.15, 0.2) is 25.0 Å². The summed E-state index contributed by atoms with van der Waals surface area (Å²) < 4.78 is 37.6. The quantitative estimate of drug-likeness (QED) is 0.127. The summed E-state index contributed by atoms with van der Waals surface area (Å²) in [4.78, 5) is 11.5. The third-order valence-corrected chi connectivity index (χ3v) is 24.3. The summed E-state index contributed by atoms with van der Waals surface area (Å²) in [6.07, 6.45) is 3.25. The zero-order valence-corrected chi connectivity index (χ0v) is 33.9. The number of rotatable bonds is 10. The molecule has 0 aromatic rings. The van der Waals surface area contributed by atoms with E-state index in [-0.39, 0.29) is 57.8 Å². The highest BCUT2D eigenvalue weighted by atomic mass is 127. The van der Waals surface area contributed by atoms with Gasteiger partial charge in [-0.05, 0) is 77.4 Å². The number of hydrogen-bond donors (Lipinski definition) is 0. The van der Waals surface area contributed by atoms with Crippen molar-refractivity contribution in [2.45, 2.75) is 179 Å². The Morgan fingerprint density at radius 3 is 1.71 bits per heavy atom. The van der Waals surface area contributed by atoms with Crippen LogP contribution in [0, 0.1) is 0 Å². The van der Waals surface area contributed by atoms with E-state index in [0.717, 1.165) is 19.1 Å². The summed E-state index contributed by atoms with van der Waals surface area (Å²) in [5, 5.41) is 0.0521. The van der Waals surface area contributed by atoms with Crippen LogP contribution in [-0.2, 0) is 27.5 Å². The average Bonchev–Trinajstić information content (AvgIpc) is 2.78. The Bertz CT molecular complexity index is 903. The molecule has 0 bridgehead atoms. The normalized spacial score (nSPS) is 29.9. The van der Waals surface area contributed by atoms with E-state index >= 15 is 0 Å². The van der Waals surface area contributed by atoms with Crippen LogP contribution in [0.3, 0.4) is 0 Å². The minimum Gasteiger partial charge on any atom is -0.408 e. The predicted molar refractivity (Wildman–Crippen MR) is 187 cm³/mol. The van der Waals surface area contributed by atoms with Crippen molar-refractivity contribution in [2.24, 2.45) is 0 Å². The van der Waals surface area contributed by atoms with Crippen molar-refractivity contribution in [1.82, 2.24) is 0 Å². The standard InChI is InChI=1S/C31H61IO6Si3/c1-29(2,3)39(10,11)36-24(18-20-32)26-28(38-41(14,15)31(7,8)9)27(37-40(12,13)30(4,5)6)25-23(35-26)17-16-22(34-25)19-21-33/h18,20-28H,16-17,19H2,1-15H3/b20-18+/t22-,23?,24?,25+,26+,27+,28?/m1/s1. The van der Waals surface area contributed by atoms with Crippen LogP contribution >= 0.6 is 22.6 Å². The fourth-order valence-corrected chi connectivity index (χ4v) is 8.89. The highest BCUT2D eigenvalue weighted by Crippen LogP contribution is 2.47. The first kappa shape index (κ1) is 37.8. The van der Waals surface area contributed by atoms with Crippen LogP contribution in [0.15, 0.2) is 10.2 Å². The number of aldehydes is 1. The molecule has 2 aliphatic heterocycles. The second-order valence-corrected chi connectivity index (χ2v) is 31.7. The van der Waals surface area contributed by atoms with Crippen molar-refractivity contribution in [3.8, 4) is 0 Å². The number of ether oxygens (including phenoxy) is 2. The lowest BCUT2D eigenvalue weighted by atomic mass is 9.87. The molecule has 6 nitrogen and oxygen atoms in total. The van der Waals surface area contributed by atoms with Crippen LogP contribution in [-0.4, -0.2) is 74.0 Å². The fourth-order valence-electron chi connectivity index (χ4n) is 4.63. The maximum absolute atomic E-state index is 11.5. The molecule has 0 radical (unpaired) electrons. The van der Waals surface area contributed by atoms with Crippen molar-refractivity contribution in [3.63, 3.8) is 0 Å². The molecule has 41 heavy (non-hydrogen) atoms. The zero-order chi connectivity index (χ0) is 31.8. The summed E-state index contributed by atoms with van der Waals surface area (Å²) in [7, 11) is -6.69. The van der Waals surface area contributed by atoms with Gasteiger partial charge in [-0.25, -0.2) is 0 Å². The summed E-state index contributed by atoms with van der Waals surface area (Å²) >= 11 is 2.29. The largest absolute Gasteiger partial charge is 0.408 e. The van der Waals surface area contributed by atoms with Crippen molar-refractivity contribution in [2.75, 3.05) is 0 Å². The van der Waals surface area contributed by atoms with Gasteiger partial charge in [0.25, 0.3) is 0 Å². The van der Waals surface area contributed by atoms with Gasteiger partial charge < -0.3 is 27.5 Å². The van der Waals surface area contributed by atoms with Crippen LogP contribution in [0.25, 0.3) is 0 Å². The smallest absolute Gasteiger partial charge is 0.193 e. The molecule has 0 aromatic heterocycles. The second-order valence-electron chi connectivity index (χ2n) is 16.7. The SMILES string of the molecule is CC(C)(C)[Si](C)(C)OC(/C=C/I)[C@@H]1OC2CC[C@H](CC=O)O[C@@H]2[C@H](O[Si](C)(C)C(C)(C)C)C1O[Si](C)(C)C(C)(C)C. The number of carbonyl (C=O) groups is 1. The number of hydrogen-bond acceptors (Lipinski definition) is 6. The summed E-state index contributed by atoms with van der Waals surface area (Å²) in [6, 6.07) is 0. The Labute approximate surface area is 268 Å². The maximum atomic E-state index is 11.5. The van der Waals surface area contributed by atoms with Crippen molar-refractivity contribution in [3.05, 3.63) is 10.2 Å². The summed E-state index contributed by atoms with van der Waals surface area (Å²) in [5.74, 6) is 0. The topological polar surface area (TPSA) is 63.2 Å². The first-order valence-electron chi connectivity index (χ1n) is 15.4. The van der Waals surface area contributed by atoms with E-state index in [1.807, 2.05) is 0 Å². The monoisotopic (exact) mass is 740 g/mol. The Hall–Kier alpha value is 0.591. The Morgan fingerprint density at radius 2 is 1.27 bits per heavy atom. The predicted octanol–water partition coefficient (Wildman–Crippen LogP) is 9.01. The molecule has 10 heteroatoms. The molecule has 3 unspecified atom stereocenters. The first-order valence-corrected chi connectivity index (χ1v) is 25.4. The molecule has 2 rings (SSSR count). The van der Waals surface area contributed by atoms with E-state index in [4.69, 9.17) is 22.8 Å². The average molecular weight is 741 g/mol. The minimum atomic E-state index is -2.28. The third-order valence-electron chi connectivity index (χ3n) is 10.4. The lowest BCUT2D eigenvalue weighted by molar-refractivity contribution is -0.266. The Morgan fingerprint density at radius 1 is 0.780 bits per heavy atom. The molecule has 240 valence electrons. The molecule has 2 saturated heterocycles. The van der Waals surface area contributed by atoms with Crippen LogP contribution < -0.4 is 0 Å². The van der Waals surface area contributed by atoms with Gasteiger partial charge in [-0.15, -0.1) is 0 Å². The number of halogens is 1. The van der Waals surface area contributed by atoms with E-state index in [2.05, 4.69) is 134 Å². The van der Waals surface area contributed by atoms with E-state index < -0.39 is 25.0 Å². The molecule has 0 aliphatic carbocycles. The van der Waals surface area contributed by atoms with Gasteiger partial charge in [-0.2, -0.15) is 0 Å². The van der Waals surface area contributed by atoms with Crippen molar-refractivity contribution < 1.29 is 27.5 Å². The number of fused-ring (bicyclic) bond motifs is 1. The van der Waals surface area contributed by atoms with E-state index in [1.54, 1.807) is 0 Å². The highest BCUT2D eigenvalue weighted by Gasteiger charge is 2.57. The van der Waals surface area contributed by atoms with Gasteiger partial charge in [0.2, 0.25) is 0 Å². The molecule has 0 saturated carbocycles. The fraction of sp³-hybridized carbons (Fsp3) is 0.903. The zero-order valence-electron chi connectivity index (χ0n) is 28.7. The number of carbonyl (C=O) groups excluding carboxylic acids is 1. The molecule has 2 aliphatic rings. The van der Waals surface area contributed by atoms with Crippen LogP contribution in [0.2, 0.25) is 54.4 Å². The van der Waals surface area contributed by atoms with E-state index in [9.17, 15) is 4.79 Å². The van der Waals surface area contributed by atoms with Crippen molar-refractivity contribution >= 4 is 53.8 Å². The lowest BCUT2D eigenvalue weighted by Gasteiger charge is -2.56. The van der Waals surface area contributed by atoms with Crippen LogP contribution in [0.1, 0.15) is 81.6 Å². The molecule has 0 N–H and O–H groups in total. The second kappa shape index (κ2) is 13.5. The maximum Gasteiger partial charge on any atom is 0.193 e. The molecule has 0 amide bonds. The van der Waals surface area contributed by atoms with Gasteiger partial charge >= 0.3 is 0 Å².